The number of benzene rings is 1. The molecule has 1 unspecified atom stereocenters. The van der Waals surface area contributed by atoms with Crippen LogP contribution in [0.15, 0.2) is 24.3 Å². The third-order valence-electron chi connectivity index (χ3n) is 3.51. The molecular weight excluding hydrogens is 264 g/mol. The minimum Gasteiger partial charge on any atom is -0.396 e. The van der Waals surface area contributed by atoms with Crippen molar-refractivity contribution in [1.29, 1.82) is 0 Å². The molecular formula is C13H20N2O3S. The van der Waals surface area contributed by atoms with Crippen molar-refractivity contribution in [3.63, 3.8) is 0 Å². The van der Waals surface area contributed by atoms with Crippen molar-refractivity contribution < 1.29 is 13.5 Å². The van der Waals surface area contributed by atoms with Crippen LogP contribution in [-0.4, -0.2) is 44.6 Å². The Kier molecular flexibility index (Phi) is 4.57. The molecule has 1 aliphatic rings. The Morgan fingerprint density at radius 2 is 2.16 bits per heavy atom. The summed E-state index contributed by atoms with van der Waals surface area (Å²) in [5.74, 6) is 0.275. The highest BCUT2D eigenvalue weighted by molar-refractivity contribution is 7.87. The lowest BCUT2D eigenvalue weighted by molar-refractivity contribution is 0.275. The van der Waals surface area contributed by atoms with Gasteiger partial charge in [0.05, 0.1) is 0 Å². The molecule has 0 aliphatic heterocycles. The van der Waals surface area contributed by atoms with Crippen LogP contribution in [0.2, 0.25) is 0 Å². The molecule has 1 aliphatic carbocycles. The molecule has 0 spiro atoms. The largest absolute Gasteiger partial charge is 0.396 e. The maximum atomic E-state index is 11.9. The minimum atomic E-state index is -3.43. The molecule has 0 saturated carbocycles. The van der Waals surface area contributed by atoms with E-state index in [9.17, 15) is 8.42 Å². The Morgan fingerprint density at radius 1 is 1.42 bits per heavy atom. The van der Waals surface area contributed by atoms with E-state index in [0.717, 1.165) is 6.42 Å². The first-order chi connectivity index (χ1) is 9.04. The van der Waals surface area contributed by atoms with E-state index in [1.54, 1.807) is 0 Å². The maximum absolute atomic E-state index is 11.9. The Bertz CT molecular complexity index is 530. The van der Waals surface area contributed by atoms with Crippen LogP contribution >= 0.6 is 0 Å². The Hall–Kier alpha value is -0.950. The fourth-order valence-corrected chi connectivity index (χ4v) is 3.28. The fourth-order valence-electron chi connectivity index (χ4n) is 2.27. The van der Waals surface area contributed by atoms with E-state index >= 15 is 0 Å². The quantitative estimate of drug-likeness (QED) is 0.765. The molecule has 1 atom stereocenters. The Morgan fingerprint density at radius 3 is 2.84 bits per heavy atom. The van der Waals surface area contributed by atoms with E-state index in [0.29, 0.717) is 19.5 Å². The van der Waals surface area contributed by atoms with Gasteiger partial charge in [-0.25, -0.2) is 4.72 Å². The van der Waals surface area contributed by atoms with Crippen LogP contribution in [0, 0.1) is 0 Å². The van der Waals surface area contributed by atoms with Gasteiger partial charge in [0.25, 0.3) is 10.2 Å². The van der Waals surface area contributed by atoms with Crippen molar-refractivity contribution in [3.8, 4) is 0 Å². The Balaban J connectivity index is 1.86. The smallest absolute Gasteiger partial charge is 0.279 e. The lowest BCUT2D eigenvalue weighted by Crippen LogP contribution is -2.42. The van der Waals surface area contributed by atoms with Crippen LogP contribution in [0.25, 0.3) is 0 Å². The molecule has 6 heteroatoms. The van der Waals surface area contributed by atoms with Gasteiger partial charge in [-0.2, -0.15) is 12.7 Å². The number of aliphatic hydroxyl groups is 1. The zero-order valence-electron chi connectivity index (χ0n) is 11.0. The van der Waals surface area contributed by atoms with Crippen LogP contribution in [-0.2, 0) is 16.6 Å². The summed E-state index contributed by atoms with van der Waals surface area (Å²) >= 11 is 0. The summed E-state index contributed by atoms with van der Waals surface area (Å²) < 4.78 is 27.7. The van der Waals surface area contributed by atoms with E-state index in [1.165, 1.54) is 22.5 Å². The van der Waals surface area contributed by atoms with Crippen molar-refractivity contribution in [1.82, 2.24) is 9.03 Å². The third-order valence-corrected chi connectivity index (χ3v) is 5.05. The van der Waals surface area contributed by atoms with Crippen molar-refractivity contribution in [2.75, 3.05) is 26.7 Å². The van der Waals surface area contributed by atoms with Gasteiger partial charge in [-0.05, 0) is 24.0 Å². The first kappa shape index (κ1) is 14.5. The molecule has 0 saturated heterocycles. The summed E-state index contributed by atoms with van der Waals surface area (Å²) in [5.41, 5.74) is 2.54. The molecule has 5 nitrogen and oxygen atoms in total. The van der Waals surface area contributed by atoms with Crippen molar-refractivity contribution in [2.45, 2.75) is 18.8 Å². The second kappa shape index (κ2) is 6.00. The molecule has 0 heterocycles. The summed E-state index contributed by atoms with van der Waals surface area (Å²) in [4.78, 5) is 0. The molecule has 0 bridgehead atoms. The van der Waals surface area contributed by atoms with Gasteiger partial charge >= 0.3 is 0 Å². The second-order valence-corrected chi connectivity index (χ2v) is 6.71. The number of fused-ring (bicyclic) bond motifs is 1. The van der Waals surface area contributed by atoms with E-state index in [1.807, 2.05) is 18.2 Å². The van der Waals surface area contributed by atoms with Crippen LogP contribution in [0.5, 0.6) is 0 Å². The lowest BCUT2D eigenvalue weighted by atomic mass is 9.78. The maximum Gasteiger partial charge on any atom is 0.279 e. The van der Waals surface area contributed by atoms with E-state index in [4.69, 9.17) is 5.11 Å². The van der Waals surface area contributed by atoms with Gasteiger partial charge in [0.2, 0.25) is 0 Å². The minimum absolute atomic E-state index is 0.00411. The van der Waals surface area contributed by atoms with Crippen LogP contribution in [0.1, 0.15) is 23.5 Å². The number of rotatable bonds is 7. The van der Waals surface area contributed by atoms with Gasteiger partial charge in [-0.3, -0.25) is 0 Å². The third kappa shape index (κ3) is 3.33. The van der Waals surface area contributed by atoms with Crippen molar-refractivity contribution in [3.05, 3.63) is 35.4 Å². The molecule has 0 fully saturated rings. The Labute approximate surface area is 114 Å². The predicted molar refractivity (Wildman–Crippen MR) is 74.1 cm³/mol. The van der Waals surface area contributed by atoms with Gasteiger partial charge in [0.1, 0.15) is 0 Å². The number of hydrogen-bond donors (Lipinski definition) is 2. The molecule has 106 valence electrons. The van der Waals surface area contributed by atoms with Gasteiger partial charge < -0.3 is 5.11 Å². The highest BCUT2D eigenvalue weighted by Crippen LogP contribution is 2.34. The van der Waals surface area contributed by atoms with Gasteiger partial charge in [0, 0.05) is 32.7 Å². The second-order valence-electron chi connectivity index (χ2n) is 4.85. The van der Waals surface area contributed by atoms with Crippen LogP contribution in [0.4, 0.5) is 0 Å². The first-order valence-corrected chi connectivity index (χ1v) is 7.88. The number of hydrogen-bond acceptors (Lipinski definition) is 3. The first-order valence-electron chi connectivity index (χ1n) is 6.44. The summed E-state index contributed by atoms with van der Waals surface area (Å²) in [6.45, 7) is 0.756. The normalized spacial score (nSPS) is 18.2. The molecule has 19 heavy (non-hydrogen) atoms. The molecule has 2 rings (SSSR count). The van der Waals surface area contributed by atoms with Crippen molar-refractivity contribution in [2.24, 2.45) is 0 Å². The number of aliphatic hydroxyl groups excluding tert-OH is 1. The van der Waals surface area contributed by atoms with Gasteiger partial charge in [0.15, 0.2) is 0 Å². The van der Waals surface area contributed by atoms with E-state index in [2.05, 4.69) is 10.8 Å². The average molecular weight is 284 g/mol. The highest BCUT2D eigenvalue weighted by Gasteiger charge is 2.27. The van der Waals surface area contributed by atoms with Gasteiger partial charge in [-0.1, -0.05) is 24.3 Å². The topological polar surface area (TPSA) is 69.6 Å². The summed E-state index contributed by atoms with van der Waals surface area (Å²) in [6.07, 6.45) is 1.38. The SMILES string of the molecule is CN(CCCO)S(=O)(=O)NCC1Cc2ccccc21. The summed E-state index contributed by atoms with van der Waals surface area (Å²) in [7, 11) is -1.91. The molecule has 1 aromatic rings. The highest BCUT2D eigenvalue weighted by atomic mass is 32.2. The van der Waals surface area contributed by atoms with E-state index < -0.39 is 10.2 Å². The van der Waals surface area contributed by atoms with E-state index in [-0.39, 0.29) is 12.5 Å². The summed E-state index contributed by atoms with van der Waals surface area (Å²) in [6, 6.07) is 8.11. The summed E-state index contributed by atoms with van der Waals surface area (Å²) in [5, 5.41) is 8.71. The fraction of sp³-hybridized carbons (Fsp3) is 0.538. The zero-order chi connectivity index (χ0) is 13.9. The lowest BCUT2D eigenvalue weighted by Gasteiger charge is -2.30. The molecule has 0 aromatic heterocycles. The molecule has 1 aromatic carbocycles. The van der Waals surface area contributed by atoms with Crippen LogP contribution < -0.4 is 4.72 Å². The number of nitrogens with one attached hydrogen (secondary N) is 1. The average Bonchev–Trinajstić information content (AvgIpc) is 2.36. The predicted octanol–water partition coefficient (Wildman–Crippen LogP) is 0.475. The molecule has 0 radical (unpaired) electrons. The number of nitrogens with zero attached hydrogens (tertiary/aromatic N) is 1. The standard InChI is InChI=1S/C13H20N2O3S/c1-15(7-4-8-16)19(17,18)14-10-12-9-11-5-2-3-6-13(11)12/h2-3,5-6,12,14,16H,4,7-10H2,1H3. The molecule has 0 amide bonds. The molecule has 2 N–H and O–H groups in total. The van der Waals surface area contributed by atoms with Crippen molar-refractivity contribution >= 4 is 10.2 Å². The monoisotopic (exact) mass is 284 g/mol. The van der Waals surface area contributed by atoms with Crippen LogP contribution in [0.3, 0.4) is 0 Å². The zero-order valence-corrected chi connectivity index (χ0v) is 11.9. The van der Waals surface area contributed by atoms with Gasteiger partial charge in [-0.15, -0.1) is 0 Å².